The minimum atomic E-state index is 0.722. The summed E-state index contributed by atoms with van der Waals surface area (Å²) < 4.78 is 1.92. The summed E-state index contributed by atoms with van der Waals surface area (Å²) in [6, 6.07) is 8.30. The van der Waals surface area contributed by atoms with Crippen LogP contribution in [0.25, 0.3) is 11.4 Å². The second-order valence-electron chi connectivity index (χ2n) is 4.96. The quantitative estimate of drug-likeness (QED) is 0.879. The van der Waals surface area contributed by atoms with E-state index < -0.39 is 0 Å². The topological polar surface area (TPSA) is 42.7 Å². The molecule has 1 N–H and O–H groups in total. The number of nitrogens with zero attached hydrogens (tertiary/aromatic N) is 3. The number of hydrogen-bond donors (Lipinski definition) is 1. The fraction of sp³-hybridized carbons (Fsp3) is 0.429. The van der Waals surface area contributed by atoms with Crippen LogP contribution in [0.3, 0.4) is 0 Å². The molecule has 18 heavy (non-hydrogen) atoms. The summed E-state index contributed by atoms with van der Waals surface area (Å²) in [5, 5.41) is 11.5. The van der Waals surface area contributed by atoms with Gasteiger partial charge in [0.2, 0.25) is 0 Å². The molecular formula is C14H20N4. The zero-order chi connectivity index (χ0) is 13.0. The van der Waals surface area contributed by atoms with Gasteiger partial charge in [0.1, 0.15) is 6.33 Å². The third-order valence-corrected chi connectivity index (χ3v) is 2.88. The molecule has 0 aliphatic heterocycles. The first-order valence-electron chi connectivity index (χ1n) is 6.35. The predicted octanol–water partition coefficient (Wildman–Crippen LogP) is 2.94. The van der Waals surface area contributed by atoms with Crippen molar-refractivity contribution < 1.29 is 0 Å². The molecule has 1 aromatic carbocycles. The molecule has 0 unspecified atom stereocenters. The molecule has 2 rings (SSSR count). The highest BCUT2D eigenvalue weighted by atomic mass is 15.2. The Hall–Kier alpha value is -1.84. The molecule has 0 radical (unpaired) electrons. The third-order valence-electron chi connectivity index (χ3n) is 2.88. The van der Waals surface area contributed by atoms with E-state index in [0.717, 1.165) is 29.5 Å². The van der Waals surface area contributed by atoms with Gasteiger partial charge >= 0.3 is 0 Å². The van der Waals surface area contributed by atoms with Crippen molar-refractivity contribution in [3.05, 3.63) is 30.6 Å². The van der Waals surface area contributed by atoms with E-state index >= 15 is 0 Å². The van der Waals surface area contributed by atoms with E-state index in [1.165, 1.54) is 6.42 Å². The molecule has 1 heterocycles. The Morgan fingerprint density at radius 3 is 2.83 bits per heavy atom. The van der Waals surface area contributed by atoms with Gasteiger partial charge in [-0.05, 0) is 24.5 Å². The van der Waals surface area contributed by atoms with Crippen LogP contribution in [0.1, 0.15) is 20.3 Å². The van der Waals surface area contributed by atoms with Crippen molar-refractivity contribution in [2.75, 3.05) is 11.9 Å². The minimum Gasteiger partial charge on any atom is -0.385 e. The van der Waals surface area contributed by atoms with E-state index in [-0.39, 0.29) is 0 Å². The summed E-state index contributed by atoms with van der Waals surface area (Å²) in [5.74, 6) is 1.61. The van der Waals surface area contributed by atoms with Crippen molar-refractivity contribution in [3.63, 3.8) is 0 Å². The van der Waals surface area contributed by atoms with Crippen LogP contribution in [0.15, 0.2) is 30.6 Å². The van der Waals surface area contributed by atoms with E-state index in [0.29, 0.717) is 0 Å². The van der Waals surface area contributed by atoms with Gasteiger partial charge in [-0.3, -0.25) is 0 Å². The van der Waals surface area contributed by atoms with Crippen LogP contribution < -0.4 is 5.32 Å². The van der Waals surface area contributed by atoms with Crippen LogP contribution in [0, 0.1) is 5.92 Å². The molecule has 0 saturated carbocycles. The van der Waals surface area contributed by atoms with Gasteiger partial charge in [-0.2, -0.15) is 0 Å². The van der Waals surface area contributed by atoms with Gasteiger partial charge in [-0.25, -0.2) is 0 Å². The molecule has 0 saturated heterocycles. The van der Waals surface area contributed by atoms with Crippen molar-refractivity contribution in [1.29, 1.82) is 0 Å². The Morgan fingerprint density at radius 1 is 1.33 bits per heavy atom. The van der Waals surface area contributed by atoms with Crippen LogP contribution in [0.4, 0.5) is 5.69 Å². The highest BCUT2D eigenvalue weighted by Gasteiger charge is 2.04. The molecular weight excluding hydrogens is 224 g/mol. The fourth-order valence-electron chi connectivity index (χ4n) is 1.82. The molecule has 0 spiro atoms. The van der Waals surface area contributed by atoms with Crippen LogP contribution in [-0.2, 0) is 7.05 Å². The summed E-state index contributed by atoms with van der Waals surface area (Å²) >= 11 is 0. The van der Waals surface area contributed by atoms with Gasteiger partial charge in [-0.15, -0.1) is 10.2 Å². The molecule has 0 fully saturated rings. The monoisotopic (exact) mass is 244 g/mol. The molecule has 0 bridgehead atoms. The number of anilines is 1. The highest BCUT2D eigenvalue weighted by Crippen LogP contribution is 2.20. The largest absolute Gasteiger partial charge is 0.385 e. The van der Waals surface area contributed by atoms with Crippen molar-refractivity contribution in [3.8, 4) is 11.4 Å². The Kier molecular flexibility index (Phi) is 3.97. The van der Waals surface area contributed by atoms with Gasteiger partial charge in [0.15, 0.2) is 5.82 Å². The van der Waals surface area contributed by atoms with Crippen LogP contribution in [0.2, 0.25) is 0 Å². The van der Waals surface area contributed by atoms with Crippen molar-refractivity contribution in [2.24, 2.45) is 13.0 Å². The lowest BCUT2D eigenvalue weighted by molar-refractivity contribution is 0.607. The normalized spacial score (nSPS) is 10.9. The zero-order valence-electron chi connectivity index (χ0n) is 11.2. The molecule has 1 aromatic heterocycles. The average Bonchev–Trinajstić information content (AvgIpc) is 2.75. The Morgan fingerprint density at radius 2 is 2.17 bits per heavy atom. The van der Waals surface area contributed by atoms with Crippen molar-refractivity contribution >= 4 is 5.69 Å². The summed E-state index contributed by atoms with van der Waals surface area (Å²) in [5.41, 5.74) is 2.22. The van der Waals surface area contributed by atoms with Crippen LogP contribution in [0.5, 0.6) is 0 Å². The summed E-state index contributed by atoms with van der Waals surface area (Å²) in [7, 11) is 1.95. The number of hydrogen-bond acceptors (Lipinski definition) is 3. The first-order valence-corrected chi connectivity index (χ1v) is 6.35. The summed E-state index contributed by atoms with van der Waals surface area (Å²) in [6.07, 6.45) is 2.89. The number of aryl methyl sites for hydroxylation is 1. The van der Waals surface area contributed by atoms with Crippen LogP contribution >= 0.6 is 0 Å². The fourth-order valence-corrected chi connectivity index (χ4v) is 1.82. The smallest absolute Gasteiger partial charge is 0.163 e. The molecule has 4 nitrogen and oxygen atoms in total. The summed E-state index contributed by atoms with van der Waals surface area (Å²) in [4.78, 5) is 0. The predicted molar refractivity (Wildman–Crippen MR) is 74.4 cm³/mol. The van der Waals surface area contributed by atoms with E-state index in [2.05, 4.69) is 47.6 Å². The third kappa shape index (κ3) is 3.09. The minimum absolute atomic E-state index is 0.722. The SMILES string of the molecule is CC(C)CCNc1cccc(-c2nncn2C)c1. The average molecular weight is 244 g/mol. The van der Waals surface area contributed by atoms with Crippen molar-refractivity contribution in [1.82, 2.24) is 14.8 Å². The van der Waals surface area contributed by atoms with E-state index in [1.54, 1.807) is 6.33 Å². The maximum absolute atomic E-state index is 4.12. The molecule has 4 heteroatoms. The zero-order valence-corrected chi connectivity index (χ0v) is 11.2. The highest BCUT2D eigenvalue weighted by molar-refractivity contribution is 5.62. The lowest BCUT2D eigenvalue weighted by Gasteiger charge is -2.09. The molecule has 0 atom stereocenters. The number of aromatic nitrogens is 3. The standard InChI is InChI=1S/C14H20N4/c1-11(2)7-8-15-13-6-4-5-12(9-13)14-17-16-10-18(14)3/h4-6,9-11,15H,7-8H2,1-3H3. The van der Waals surface area contributed by atoms with E-state index in [9.17, 15) is 0 Å². The second kappa shape index (κ2) is 5.67. The summed E-state index contributed by atoms with van der Waals surface area (Å²) in [6.45, 7) is 5.47. The molecule has 96 valence electrons. The molecule has 0 aliphatic carbocycles. The van der Waals surface area contributed by atoms with Gasteiger partial charge in [0.05, 0.1) is 0 Å². The number of nitrogens with one attached hydrogen (secondary N) is 1. The van der Waals surface area contributed by atoms with Gasteiger partial charge in [-0.1, -0.05) is 26.0 Å². The molecule has 0 amide bonds. The lowest BCUT2D eigenvalue weighted by Crippen LogP contribution is -2.04. The van der Waals surface area contributed by atoms with Gasteiger partial charge in [0.25, 0.3) is 0 Å². The Balaban J connectivity index is 2.08. The Bertz CT molecular complexity index is 502. The lowest BCUT2D eigenvalue weighted by atomic mass is 10.1. The van der Waals surface area contributed by atoms with Crippen LogP contribution in [-0.4, -0.2) is 21.3 Å². The van der Waals surface area contributed by atoms with E-state index in [1.807, 2.05) is 17.7 Å². The first-order chi connectivity index (χ1) is 8.66. The first kappa shape index (κ1) is 12.6. The maximum Gasteiger partial charge on any atom is 0.163 e. The number of benzene rings is 1. The van der Waals surface area contributed by atoms with Gasteiger partial charge < -0.3 is 9.88 Å². The molecule has 0 aliphatic rings. The maximum atomic E-state index is 4.12. The molecule has 2 aromatic rings. The second-order valence-corrected chi connectivity index (χ2v) is 4.96. The number of rotatable bonds is 5. The Labute approximate surface area is 108 Å². The van der Waals surface area contributed by atoms with E-state index in [4.69, 9.17) is 0 Å². The van der Waals surface area contributed by atoms with Gasteiger partial charge in [0, 0.05) is 24.8 Å². The van der Waals surface area contributed by atoms with Crippen molar-refractivity contribution in [2.45, 2.75) is 20.3 Å².